The fourth-order valence-corrected chi connectivity index (χ4v) is 11.4. The summed E-state index contributed by atoms with van der Waals surface area (Å²) in [4.78, 5) is 38.5. The quantitative estimate of drug-likeness (QED) is 0.0261. The van der Waals surface area contributed by atoms with Gasteiger partial charge in [0, 0.05) is 19.3 Å². The Hall–Kier alpha value is -2.11. The SMILES string of the molecule is CCCCCCC/C=C\C/C=C\CCCCCCCCCCCCCCCCCC(=O)OCC(COC(=O)CCCCCCCCCCCCCCCCCCCC)OC(=O)CCCCCCCCCCCCCCCCCCCC. The minimum atomic E-state index is -0.767. The van der Waals surface area contributed by atoms with Crippen LogP contribution < -0.4 is 0 Å². The van der Waals surface area contributed by atoms with Crippen LogP contribution in [0.25, 0.3) is 0 Å². The zero-order valence-corrected chi connectivity index (χ0v) is 55.1. The fraction of sp³-hybridized carbons (Fsp3) is 0.907. The lowest BCUT2D eigenvalue weighted by Crippen LogP contribution is -2.30. The highest BCUT2D eigenvalue weighted by Crippen LogP contribution is 2.19. The molecule has 0 aromatic carbocycles. The molecule has 0 aliphatic carbocycles. The highest BCUT2D eigenvalue weighted by molar-refractivity contribution is 5.71. The van der Waals surface area contributed by atoms with E-state index in [2.05, 4.69) is 45.1 Å². The summed E-state index contributed by atoms with van der Waals surface area (Å²) in [6.45, 7) is 6.73. The molecule has 0 bridgehead atoms. The first-order valence-electron chi connectivity index (χ1n) is 36.8. The molecule has 0 saturated carbocycles. The molecule has 0 fully saturated rings. The van der Waals surface area contributed by atoms with Crippen molar-refractivity contribution in [3.63, 3.8) is 0 Å². The normalized spacial score (nSPS) is 12.1. The molecule has 0 aromatic rings. The van der Waals surface area contributed by atoms with Gasteiger partial charge in [-0.05, 0) is 51.4 Å². The lowest BCUT2D eigenvalue weighted by Gasteiger charge is -2.18. The molecule has 0 spiro atoms. The van der Waals surface area contributed by atoms with Crippen LogP contribution in [0.15, 0.2) is 24.3 Å². The minimum Gasteiger partial charge on any atom is -0.462 e. The highest BCUT2D eigenvalue weighted by Gasteiger charge is 2.20. The summed E-state index contributed by atoms with van der Waals surface area (Å²) in [5, 5.41) is 0. The van der Waals surface area contributed by atoms with Gasteiger partial charge in [0.05, 0.1) is 0 Å². The number of hydrogen-bond acceptors (Lipinski definition) is 6. The lowest BCUT2D eigenvalue weighted by molar-refractivity contribution is -0.167. The van der Waals surface area contributed by atoms with Gasteiger partial charge in [-0.1, -0.05) is 373 Å². The second-order valence-corrected chi connectivity index (χ2v) is 25.2. The van der Waals surface area contributed by atoms with Gasteiger partial charge in [0.1, 0.15) is 13.2 Å². The van der Waals surface area contributed by atoms with Gasteiger partial charge >= 0.3 is 17.9 Å². The standard InChI is InChI=1S/C75H142O6/c1-4-7-10-13-16-19-22-25-28-31-34-35-36-37-38-39-40-41-42-45-47-50-53-56-59-62-65-68-74(77)80-71-72(81-75(78)69-66-63-60-57-54-51-48-44-33-30-27-24-21-18-15-12-9-6-3)70-79-73(76)67-64-61-58-55-52-49-46-43-32-29-26-23-20-17-14-11-8-5-2/h22,25,31,34,72H,4-21,23-24,26-30,32-33,35-71H2,1-3H3/b25-22-,34-31-. The van der Waals surface area contributed by atoms with Gasteiger partial charge < -0.3 is 14.2 Å². The Bertz CT molecular complexity index is 1310. The van der Waals surface area contributed by atoms with E-state index in [1.807, 2.05) is 0 Å². The topological polar surface area (TPSA) is 78.9 Å². The Labute approximate surface area is 506 Å². The molecule has 478 valence electrons. The number of hydrogen-bond donors (Lipinski definition) is 0. The fourth-order valence-electron chi connectivity index (χ4n) is 11.4. The van der Waals surface area contributed by atoms with E-state index in [4.69, 9.17) is 14.2 Å². The van der Waals surface area contributed by atoms with Gasteiger partial charge in [-0.15, -0.1) is 0 Å². The van der Waals surface area contributed by atoms with Crippen molar-refractivity contribution in [2.75, 3.05) is 13.2 Å². The molecular weight excluding hydrogens is 997 g/mol. The molecule has 6 heteroatoms. The van der Waals surface area contributed by atoms with E-state index in [-0.39, 0.29) is 31.1 Å². The maximum absolute atomic E-state index is 13.0. The van der Waals surface area contributed by atoms with Crippen molar-refractivity contribution in [1.29, 1.82) is 0 Å². The first-order chi connectivity index (χ1) is 40.0. The third-order valence-corrected chi connectivity index (χ3v) is 17.0. The maximum atomic E-state index is 13.0. The molecule has 6 nitrogen and oxygen atoms in total. The maximum Gasteiger partial charge on any atom is 0.306 e. The van der Waals surface area contributed by atoms with Crippen molar-refractivity contribution in [3.8, 4) is 0 Å². The number of esters is 3. The Morgan fingerprint density at radius 3 is 0.679 bits per heavy atom. The van der Waals surface area contributed by atoms with Crippen molar-refractivity contribution in [3.05, 3.63) is 24.3 Å². The first kappa shape index (κ1) is 78.9. The number of carbonyl (C=O) groups is 3. The van der Waals surface area contributed by atoms with E-state index < -0.39 is 6.10 Å². The second kappa shape index (κ2) is 70.4. The molecule has 1 atom stereocenters. The number of unbranched alkanes of at least 4 members (excludes halogenated alkanes) is 54. The summed E-state index contributed by atoms with van der Waals surface area (Å²) >= 11 is 0. The molecule has 0 radical (unpaired) electrons. The molecule has 1 unspecified atom stereocenters. The molecule has 0 rings (SSSR count). The highest BCUT2D eigenvalue weighted by atomic mass is 16.6. The van der Waals surface area contributed by atoms with Crippen LogP contribution in [-0.2, 0) is 28.6 Å². The average molecular weight is 1140 g/mol. The van der Waals surface area contributed by atoms with Gasteiger partial charge in [-0.25, -0.2) is 0 Å². The molecule has 0 heterocycles. The third kappa shape index (κ3) is 68.6. The Morgan fingerprint density at radius 1 is 0.247 bits per heavy atom. The molecule has 0 aromatic heterocycles. The zero-order chi connectivity index (χ0) is 58.5. The number of allylic oxidation sites excluding steroid dienone is 4. The first-order valence-corrected chi connectivity index (χ1v) is 36.8. The minimum absolute atomic E-state index is 0.0632. The van der Waals surface area contributed by atoms with Crippen LogP contribution in [0.1, 0.15) is 419 Å². The van der Waals surface area contributed by atoms with Gasteiger partial charge in [-0.2, -0.15) is 0 Å². The van der Waals surface area contributed by atoms with Crippen molar-refractivity contribution >= 4 is 17.9 Å². The van der Waals surface area contributed by atoms with Gasteiger partial charge in [0.15, 0.2) is 6.10 Å². The van der Waals surface area contributed by atoms with Gasteiger partial charge in [0.25, 0.3) is 0 Å². The summed E-state index contributed by atoms with van der Waals surface area (Å²) in [5.41, 5.74) is 0. The van der Waals surface area contributed by atoms with Crippen LogP contribution in [0, 0.1) is 0 Å². The van der Waals surface area contributed by atoms with Crippen LogP contribution in [0.4, 0.5) is 0 Å². The summed E-state index contributed by atoms with van der Waals surface area (Å²) < 4.78 is 17.0. The summed E-state index contributed by atoms with van der Waals surface area (Å²) in [5.74, 6) is -0.825. The van der Waals surface area contributed by atoms with Gasteiger partial charge in [-0.3, -0.25) is 14.4 Å². The van der Waals surface area contributed by atoms with Crippen molar-refractivity contribution in [2.45, 2.75) is 425 Å². The molecule has 0 aliphatic heterocycles. The van der Waals surface area contributed by atoms with Crippen LogP contribution in [-0.4, -0.2) is 37.2 Å². The van der Waals surface area contributed by atoms with E-state index in [1.165, 1.54) is 315 Å². The smallest absolute Gasteiger partial charge is 0.306 e. The van der Waals surface area contributed by atoms with E-state index in [9.17, 15) is 14.4 Å². The number of carbonyl (C=O) groups excluding carboxylic acids is 3. The number of ether oxygens (including phenoxy) is 3. The van der Waals surface area contributed by atoms with E-state index >= 15 is 0 Å². The summed E-state index contributed by atoms with van der Waals surface area (Å²) in [6, 6.07) is 0. The molecule has 81 heavy (non-hydrogen) atoms. The second-order valence-electron chi connectivity index (χ2n) is 25.2. The van der Waals surface area contributed by atoms with E-state index in [0.29, 0.717) is 19.3 Å². The summed E-state index contributed by atoms with van der Waals surface area (Å²) in [6.07, 6.45) is 86.4. The molecule has 0 saturated heterocycles. The predicted molar refractivity (Wildman–Crippen MR) is 353 cm³/mol. The van der Waals surface area contributed by atoms with Crippen LogP contribution in [0.3, 0.4) is 0 Å². The lowest BCUT2D eigenvalue weighted by atomic mass is 10.0. The Balaban J connectivity index is 4.24. The van der Waals surface area contributed by atoms with Gasteiger partial charge in [0.2, 0.25) is 0 Å². The average Bonchev–Trinajstić information content (AvgIpc) is 3.47. The van der Waals surface area contributed by atoms with Crippen LogP contribution in [0.5, 0.6) is 0 Å². The molecular formula is C75H142O6. The van der Waals surface area contributed by atoms with Crippen molar-refractivity contribution in [1.82, 2.24) is 0 Å². The van der Waals surface area contributed by atoms with Crippen molar-refractivity contribution in [2.24, 2.45) is 0 Å². The largest absolute Gasteiger partial charge is 0.462 e. The third-order valence-electron chi connectivity index (χ3n) is 17.0. The monoisotopic (exact) mass is 1140 g/mol. The Morgan fingerprint density at radius 2 is 0.444 bits per heavy atom. The Kier molecular flexibility index (Phi) is 68.5. The predicted octanol–water partition coefficient (Wildman–Crippen LogP) is 25.3. The van der Waals surface area contributed by atoms with Crippen molar-refractivity contribution < 1.29 is 28.6 Å². The van der Waals surface area contributed by atoms with Crippen LogP contribution in [0.2, 0.25) is 0 Å². The zero-order valence-electron chi connectivity index (χ0n) is 55.1. The number of rotatable bonds is 69. The molecule has 0 aliphatic rings. The van der Waals surface area contributed by atoms with E-state index in [1.54, 1.807) is 0 Å². The summed E-state index contributed by atoms with van der Waals surface area (Å²) in [7, 11) is 0. The van der Waals surface area contributed by atoms with E-state index in [0.717, 1.165) is 64.2 Å². The van der Waals surface area contributed by atoms with Crippen LogP contribution >= 0.6 is 0 Å². The molecule has 0 N–H and O–H groups in total. The molecule has 0 amide bonds.